The number of para-hydroxylation sites is 1. The number of nitrogens with zero attached hydrogens (tertiary/aromatic N) is 1. The van der Waals surface area contributed by atoms with E-state index in [4.69, 9.17) is 23.8 Å². The summed E-state index contributed by atoms with van der Waals surface area (Å²) in [6, 6.07) is 14.0. The van der Waals surface area contributed by atoms with Crippen molar-refractivity contribution < 1.29 is 9.59 Å². The molecule has 0 saturated carbocycles. The van der Waals surface area contributed by atoms with Crippen molar-refractivity contribution in [2.75, 3.05) is 16.8 Å². The van der Waals surface area contributed by atoms with Crippen LogP contribution in [0.25, 0.3) is 0 Å². The number of anilines is 2. The number of benzene rings is 2. The Hall–Kier alpha value is -2.64. The normalized spacial score (nSPS) is 13.4. The lowest BCUT2D eigenvalue weighted by Crippen LogP contribution is -2.44. The molecule has 6 nitrogen and oxygen atoms in total. The van der Waals surface area contributed by atoms with Gasteiger partial charge in [0.1, 0.15) is 0 Å². The second kappa shape index (κ2) is 8.16. The zero-order valence-corrected chi connectivity index (χ0v) is 15.4. The van der Waals surface area contributed by atoms with Crippen LogP contribution < -0.4 is 21.1 Å². The maximum Gasteiger partial charge on any atom is 0.271 e. The molecule has 2 amide bonds. The predicted molar refractivity (Wildman–Crippen MR) is 106 cm³/mol. The zero-order chi connectivity index (χ0) is 18.5. The highest BCUT2D eigenvalue weighted by Crippen LogP contribution is 2.25. The number of hydrazine groups is 1. The monoisotopic (exact) mass is 388 g/mol. The highest BCUT2D eigenvalue weighted by Gasteiger charge is 2.25. The fourth-order valence-corrected chi connectivity index (χ4v) is 2.98. The summed E-state index contributed by atoms with van der Waals surface area (Å²) in [5, 5.41) is 3.79. The summed E-state index contributed by atoms with van der Waals surface area (Å²) in [4.78, 5) is 26.1. The van der Waals surface area contributed by atoms with Crippen LogP contribution in [0.2, 0.25) is 5.02 Å². The number of carbonyl (C=O) groups is 2. The highest BCUT2D eigenvalue weighted by atomic mass is 35.5. The van der Waals surface area contributed by atoms with Gasteiger partial charge in [0.15, 0.2) is 5.11 Å². The second-order valence-corrected chi connectivity index (χ2v) is 6.55. The van der Waals surface area contributed by atoms with Gasteiger partial charge in [-0.15, -0.1) is 0 Å². The molecule has 2 aromatic carbocycles. The molecule has 0 aliphatic carbocycles. The van der Waals surface area contributed by atoms with Gasteiger partial charge in [0.2, 0.25) is 5.91 Å². The molecule has 0 aromatic heterocycles. The summed E-state index contributed by atoms with van der Waals surface area (Å²) in [5.41, 5.74) is 6.96. The largest absolute Gasteiger partial charge is 0.331 e. The van der Waals surface area contributed by atoms with E-state index in [0.717, 1.165) is 12.1 Å². The Morgan fingerprint density at radius 3 is 2.50 bits per heavy atom. The third-order valence-corrected chi connectivity index (χ3v) is 4.36. The van der Waals surface area contributed by atoms with Crippen LogP contribution in [0.15, 0.2) is 48.5 Å². The van der Waals surface area contributed by atoms with E-state index >= 15 is 0 Å². The minimum absolute atomic E-state index is 0.0261. The molecular weight excluding hydrogens is 372 g/mol. The maximum atomic E-state index is 12.5. The van der Waals surface area contributed by atoms with Gasteiger partial charge >= 0.3 is 0 Å². The van der Waals surface area contributed by atoms with Crippen molar-refractivity contribution >= 4 is 52.1 Å². The minimum Gasteiger partial charge on any atom is -0.331 e. The molecule has 26 heavy (non-hydrogen) atoms. The van der Waals surface area contributed by atoms with E-state index in [2.05, 4.69) is 16.2 Å². The summed E-state index contributed by atoms with van der Waals surface area (Å²) >= 11 is 11.0. The Balaban J connectivity index is 1.62. The molecule has 0 radical (unpaired) electrons. The molecule has 1 aliphatic heterocycles. The summed E-state index contributed by atoms with van der Waals surface area (Å²) in [6.07, 6.45) is 1.30. The average molecular weight is 389 g/mol. The van der Waals surface area contributed by atoms with E-state index in [9.17, 15) is 9.59 Å². The van der Waals surface area contributed by atoms with Gasteiger partial charge in [-0.05, 0) is 55.0 Å². The smallest absolute Gasteiger partial charge is 0.271 e. The third kappa shape index (κ3) is 4.30. The van der Waals surface area contributed by atoms with Crippen molar-refractivity contribution in [3.05, 3.63) is 59.1 Å². The third-order valence-electron chi connectivity index (χ3n) is 3.90. The molecular formula is C18H17ClN4O2S. The van der Waals surface area contributed by atoms with E-state index < -0.39 is 0 Å². The number of hydrogen-bond acceptors (Lipinski definition) is 3. The Labute approximate surface area is 161 Å². The molecule has 0 unspecified atom stereocenters. The minimum atomic E-state index is -0.374. The molecule has 1 saturated heterocycles. The Morgan fingerprint density at radius 1 is 1.08 bits per heavy atom. The van der Waals surface area contributed by atoms with Crippen LogP contribution in [0.1, 0.15) is 23.2 Å². The van der Waals surface area contributed by atoms with Crippen molar-refractivity contribution in [2.45, 2.75) is 12.8 Å². The Kier molecular flexibility index (Phi) is 5.70. The predicted octanol–water partition coefficient (Wildman–Crippen LogP) is 3.10. The van der Waals surface area contributed by atoms with E-state index in [-0.39, 0.29) is 16.9 Å². The molecule has 1 heterocycles. The van der Waals surface area contributed by atoms with Crippen LogP contribution in [0.3, 0.4) is 0 Å². The molecule has 1 aliphatic rings. The van der Waals surface area contributed by atoms with E-state index in [1.54, 1.807) is 53.4 Å². The molecule has 134 valence electrons. The summed E-state index contributed by atoms with van der Waals surface area (Å²) in [6.45, 7) is 0.618. The van der Waals surface area contributed by atoms with Crippen LogP contribution in [-0.2, 0) is 4.79 Å². The molecule has 0 atom stereocenters. The summed E-state index contributed by atoms with van der Waals surface area (Å²) in [7, 11) is 0. The van der Waals surface area contributed by atoms with Gasteiger partial charge in [-0.1, -0.05) is 23.7 Å². The van der Waals surface area contributed by atoms with Crippen LogP contribution in [0.4, 0.5) is 11.4 Å². The molecule has 8 heteroatoms. The average Bonchev–Trinajstić information content (AvgIpc) is 3.07. The van der Waals surface area contributed by atoms with Crippen LogP contribution in [0, 0.1) is 0 Å². The first-order valence-electron chi connectivity index (χ1n) is 8.07. The molecule has 3 N–H and O–H groups in total. The Morgan fingerprint density at radius 2 is 1.81 bits per heavy atom. The SMILES string of the molecule is O=C(NNC(=S)Nc1ccc(Cl)cc1)c1ccccc1N1CCCC1=O. The first kappa shape index (κ1) is 18.2. The lowest BCUT2D eigenvalue weighted by Gasteiger charge is -2.19. The second-order valence-electron chi connectivity index (χ2n) is 5.71. The lowest BCUT2D eigenvalue weighted by atomic mass is 10.1. The summed E-state index contributed by atoms with van der Waals surface area (Å²) in [5.74, 6) is -0.348. The van der Waals surface area contributed by atoms with Crippen molar-refractivity contribution in [3.8, 4) is 0 Å². The number of hydrogen-bond donors (Lipinski definition) is 3. The number of halogens is 1. The number of carbonyl (C=O) groups excluding carboxylic acids is 2. The van der Waals surface area contributed by atoms with Crippen molar-refractivity contribution in [1.29, 1.82) is 0 Å². The van der Waals surface area contributed by atoms with E-state index in [0.29, 0.717) is 29.2 Å². The maximum absolute atomic E-state index is 12.5. The number of thiocarbonyl (C=S) groups is 1. The lowest BCUT2D eigenvalue weighted by molar-refractivity contribution is -0.117. The number of nitrogens with one attached hydrogen (secondary N) is 3. The van der Waals surface area contributed by atoms with E-state index in [1.807, 2.05) is 0 Å². The Bertz CT molecular complexity index is 841. The van der Waals surface area contributed by atoms with Gasteiger partial charge in [-0.3, -0.25) is 20.4 Å². The van der Waals surface area contributed by atoms with Gasteiger partial charge in [0.25, 0.3) is 5.91 Å². The number of rotatable bonds is 3. The molecule has 1 fully saturated rings. The molecule has 0 spiro atoms. The zero-order valence-electron chi connectivity index (χ0n) is 13.8. The number of amides is 2. The first-order valence-corrected chi connectivity index (χ1v) is 8.85. The molecule has 0 bridgehead atoms. The fourth-order valence-electron chi connectivity index (χ4n) is 2.68. The van der Waals surface area contributed by atoms with Gasteiger partial charge in [-0.2, -0.15) is 0 Å². The van der Waals surface area contributed by atoms with Crippen molar-refractivity contribution in [1.82, 2.24) is 10.9 Å². The topological polar surface area (TPSA) is 73.5 Å². The van der Waals surface area contributed by atoms with Gasteiger partial charge < -0.3 is 10.2 Å². The molecule has 2 aromatic rings. The van der Waals surface area contributed by atoms with Gasteiger partial charge in [0.05, 0.1) is 11.3 Å². The highest BCUT2D eigenvalue weighted by molar-refractivity contribution is 7.80. The van der Waals surface area contributed by atoms with Crippen molar-refractivity contribution in [2.24, 2.45) is 0 Å². The quantitative estimate of drug-likeness (QED) is 0.556. The van der Waals surface area contributed by atoms with E-state index in [1.165, 1.54) is 0 Å². The standard InChI is InChI=1S/C18H17ClN4O2S/c19-12-7-9-13(10-8-12)20-18(26)22-21-17(25)14-4-1-2-5-15(14)23-11-3-6-16(23)24/h1-2,4-5,7-10H,3,6,11H2,(H,21,25)(H2,20,22,26). The van der Waals surface area contributed by atoms with Crippen molar-refractivity contribution in [3.63, 3.8) is 0 Å². The van der Waals surface area contributed by atoms with Crippen LogP contribution in [0.5, 0.6) is 0 Å². The molecule has 3 rings (SSSR count). The summed E-state index contributed by atoms with van der Waals surface area (Å²) < 4.78 is 0. The fraction of sp³-hybridized carbons (Fsp3) is 0.167. The van der Waals surface area contributed by atoms with Crippen LogP contribution >= 0.6 is 23.8 Å². The first-order chi connectivity index (χ1) is 12.5. The van der Waals surface area contributed by atoms with Gasteiger partial charge in [-0.25, -0.2) is 0 Å². The van der Waals surface area contributed by atoms with Crippen LogP contribution in [-0.4, -0.2) is 23.5 Å². The van der Waals surface area contributed by atoms with Gasteiger partial charge in [0, 0.05) is 23.7 Å².